The Labute approximate surface area is 113 Å². The number of aryl methyl sites for hydroxylation is 1. The summed E-state index contributed by atoms with van der Waals surface area (Å²) in [5.74, 6) is 0.953. The first kappa shape index (κ1) is 13.4. The summed E-state index contributed by atoms with van der Waals surface area (Å²) in [4.78, 5) is 16.2. The van der Waals surface area contributed by atoms with E-state index in [-0.39, 0.29) is 5.91 Å². The predicted molar refractivity (Wildman–Crippen MR) is 77.0 cm³/mol. The summed E-state index contributed by atoms with van der Waals surface area (Å²) in [6.45, 7) is 6.00. The number of carbonyl (C=O) groups is 1. The van der Waals surface area contributed by atoms with Gasteiger partial charge >= 0.3 is 0 Å². The molecule has 2 rings (SSSR count). The van der Waals surface area contributed by atoms with E-state index in [2.05, 4.69) is 6.92 Å². The summed E-state index contributed by atoms with van der Waals surface area (Å²) in [7, 11) is 0. The number of nitrogen functional groups attached to an aromatic ring is 1. The van der Waals surface area contributed by atoms with Crippen LogP contribution in [-0.4, -0.2) is 23.9 Å². The molecule has 0 saturated carbocycles. The van der Waals surface area contributed by atoms with E-state index in [1.165, 1.54) is 24.2 Å². The Kier molecular flexibility index (Phi) is 4.27. The lowest BCUT2D eigenvalue weighted by molar-refractivity contribution is 0.0765. The van der Waals surface area contributed by atoms with Gasteiger partial charge in [-0.15, -0.1) is 11.3 Å². The average Bonchev–Trinajstić information content (AvgIpc) is 2.58. The van der Waals surface area contributed by atoms with Crippen LogP contribution in [0.5, 0.6) is 0 Å². The van der Waals surface area contributed by atoms with Gasteiger partial charge in [-0.1, -0.05) is 13.3 Å². The Bertz CT molecular complexity index is 408. The summed E-state index contributed by atoms with van der Waals surface area (Å²) in [6.07, 6.45) is 4.76. The van der Waals surface area contributed by atoms with Crippen molar-refractivity contribution in [2.75, 3.05) is 18.8 Å². The zero-order valence-corrected chi connectivity index (χ0v) is 12.1. The third kappa shape index (κ3) is 2.86. The van der Waals surface area contributed by atoms with E-state index in [4.69, 9.17) is 5.73 Å². The van der Waals surface area contributed by atoms with Crippen molar-refractivity contribution in [3.8, 4) is 0 Å². The Morgan fingerprint density at radius 2 is 2.28 bits per heavy atom. The minimum Gasteiger partial charge on any atom is -0.398 e. The van der Waals surface area contributed by atoms with Crippen LogP contribution in [0.2, 0.25) is 0 Å². The first-order valence-electron chi connectivity index (χ1n) is 6.77. The first-order valence-corrected chi connectivity index (χ1v) is 7.58. The molecule has 0 spiro atoms. The largest absolute Gasteiger partial charge is 0.398 e. The van der Waals surface area contributed by atoms with Gasteiger partial charge in [-0.25, -0.2) is 0 Å². The van der Waals surface area contributed by atoms with Crippen LogP contribution in [-0.2, 0) is 0 Å². The fourth-order valence-electron chi connectivity index (χ4n) is 2.53. The third-order valence-electron chi connectivity index (χ3n) is 3.88. The van der Waals surface area contributed by atoms with E-state index < -0.39 is 0 Å². The number of anilines is 1. The quantitative estimate of drug-likeness (QED) is 0.893. The molecule has 1 aromatic rings. The van der Waals surface area contributed by atoms with Crippen molar-refractivity contribution in [2.24, 2.45) is 5.92 Å². The van der Waals surface area contributed by atoms with Crippen LogP contribution in [0.4, 0.5) is 5.69 Å². The van der Waals surface area contributed by atoms with Crippen LogP contribution in [0.25, 0.3) is 0 Å². The molecule has 1 aliphatic rings. The number of rotatable bonds is 2. The van der Waals surface area contributed by atoms with Gasteiger partial charge in [0.15, 0.2) is 0 Å². The summed E-state index contributed by atoms with van der Waals surface area (Å²) in [5.41, 5.74) is 6.56. The third-order valence-corrected chi connectivity index (χ3v) is 4.93. The molecular weight excluding hydrogens is 244 g/mol. The van der Waals surface area contributed by atoms with E-state index in [1.807, 2.05) is 17.9 Å². The molecule has 0 aliphatic carbocycles. The fraction of sp³-hybridized carbons (Fsp3) is 0.643. The minimum absolute atomic E-state index is 0.163. The minimum atomic E-state index is 0.163. The van der Waals surface area contributed by atoms with Crippen LogP contribution < -0.4 is 5.73 Å². The van der Waals surface area contributed by atoms with Gasteiger partial charge in [0.1, 0.15) is 0 Å². The van der Waals surface area contributed by atoms with Gasteiger partial charge in [-0.3, -0.25) is 4.79 Å². The molecule has 1 atom stereocenters. The van der Waals surface area contributed by atoms with Gasteiger partial charge in [-0.2, -0.15) is 0 Å². The zero-order chi connectivity index (χ0) is 13.1. The first-order chi connectivity index (χ1) is 8.61. The second-order valence-corrected chi connectivity index (χ2v) is 6.38. The van der Waals surface area contributed by atoms with Gasteiger partial charge in [0.25, 0.3) is 5.91 Å². The molecule has 1 amide bonds. The van der Waals surface area contributed by atoms with Crippen molar-refractivity contribution in [2.45, 2.75) is 39.5 Å². The van der Waals surface area contributed by atoms with Gasteiger partial charge < -0.3 is 10.6 Å². The molecule has 18 heavy (non-hydrogen) atoms. The van der Waals surface area contributed by atoms with Crippen molar-refractivity contribution < 1.29 is 4.79 Å². The summed E-state index contributed by atoms with van der Waals surface area (Å²) in [6, 6.07) is 1.82. The number of nitrogens with zero attached hydrogens (tertiary/aromatic N) is 1. The maximum absolute atomic E-state index is 12.4. The maximum atomic E-state index is 12.4. The number of likely N-dealkylation sites (tertiary alicyclic amines) is 1. The number of nitrogens with two attached hydrogens (primary N) is 1. The highest BCUT2D eigenvalue weighted by Crippen LogP contribution is 2.26. The van der Waals surface area contributed by atoms with Crippen molar-refractivity contribution in [3.05, 3.63) is 15.8 Å². The normalized spacial score (nSPS) is 20.8. The van der Waals surface area contributed by atoms with E-state index in [9.17, 15) is 4.79 Å². The van der Waals surface area contributed by atoms with Gasteiger partial charge in [0.2, 0.25) is 0 Å². The molecule has 0 bridgehead atoms. The standard InChI is InChI=1S/C14H22N2OS/c1-3-11-5-4-7-16(8-6-11)14(17)13-9-12(15)10(2)18-13/h9,11H,3-8,15H2,1-2H3. The van der Waals surface area contributed by atoms with Gasteiger partial charge in [0.05, 0.1) is 4.88 Å². The molecular formula is C14H22N2OS. The summed E-state index contributed by atoms with van der Waals surface area (Å²) < 4.78 is 0. The summed E-state index contributed by atoms with van der Waals surface area (Å²) >= 11 is 1.51. The highest BCUT2D eigenvalue weighted by molar-refractivity contribution is 7.14. The molecule has 1 aliphatic heterocycles. The molecule has 1 unspecified atom stereocenters. The fourth-order valence-corrected chi connectivity index (χ4v) is 3.44. The van der Waals surface area contributed by atoms with Crippen LogP contribution >= 0.6 is 11.3 Å². The lowest BCUT2D eigenvalue weighted by Crippen LogP contribution is -2.31. The number of hydrogen-bond donors (Lipinski definition) is 1. The number of amides is 1. The van der Waals surface area contributed by atoms with E-state index >= 15 is 0 Å². The molecule has 4 heteroatoms. The lowest BCUT2D eigenvalue weighted by Gasteiger charge is -2.19. The molecule has 0 aromatic carbocycles. The topological polar surface area (TPSA) is 46.3 Å². The molecule has 2 N–H and O–H groups in total. The average molecular weight is 266 g/mol. The number of hydrogen-bond acceptors (Lipinski definition) is 3. The summed E-state index contributed by atoms with van der Waals surface area (Å²) in [5, 5.41) is 0. The van der Waals surface area contributed by atoms with Gasteiger partial charge in [-0.05, 0) is 38.2 Å². The molecule has 100 valence electrons. The highest BCUT2D eigenvalue weighted by Gasteiger charge is 2.22. The smallest absolute Gasteiger partial charge is 0.264 e. The second kappa shape index (κ2) is 5.74. The molecule has 2 heterocycles. The highest BCUT2D eigenvalue weighted by atomic mass is 32.1. The van der Waals surface area contributed by atoms with Crippen LogP contribution in [0.15, 0.2) is 6.07 Å². The van der Waals surface area contributed by atoms with Crippen LogP contribution in [0.3, 0.4) is 0 Å². The Morgan fingerprint density at radius 3 is 2.89 bits per heavy atom. The zero-order valence-electron chi connectivity index (χ0n) is 11.2. The maximum Gasteiger partial charge on any atom is 0.264 e. The molecule has 1 fully saturated rings. The van der Waals surface area contributed by atoms with E-state index in [0.717, 1.165) is 47.3 Å². The molecule has 3 nitrogen and oxygen atoms in total. The Balaban J connectivity index is 2.05. The monoisotopic (exact) mass is 266 g/mol. The van der Waals surface area contributed by atoms with E-state index in [0.29, 0.717) is 0 Å². The van der Waals surface area contributed by atoms with Crippen molar-refractivity contribution in [3.63, 3.8) is 0 Å². The van der Waals surface area contributed by atoms with Crippen molar-refractivity contribution in [1.29, 1.82) is 0 Å². The Morgan fingerprint density at radius 1 is 1.50 bits per heavy atom. The molecule has 0 radical (unpaired) electrons. The van der Waals surface area contributed by atoms with Crippen molar-refractivity contribution in [1.82, 2.24) is 4.90 Å². The SMILES string of the molecule is CCC1CCCN(C(=O)c2cc(N)c(C)s2)CC1. The van der Waals surface area contributed by atoms with Crippen LogP contribution in [0, 0.1) is 12.8 Å². The van der Waals surface area contributed by atoms with E-state index in [1.54, 1.807) is 0 Å². The van der Waals surface area contributed by atoms with Crippen LogP contribution in [0.1, 0.15) is 47.2 Å². The molecule has 1 saturated heterocycles. The number of carbonyl (C=O) groups excluding carboxylic acids is 1. The lowest BCUT2D eigenvalue weighted by atomic mass is 9.98. The second-order valence-electron chi connectivity index (χ2n) is 5.12. The Hall–Kier alpha value is -1.03. The predicted octanol–water partition coefficient (Wildman–Crippen LogP) is 3.29. The van der Waals surface area contributed by atoms with Gasteiger partial charge in [0, 0.05) is 23.7 Å². The van der Waals surface area contributed by atoms with Crippen molar-refractivity contribution >= 4 is 22.9 Å². The number of thiophene rings is 1. The molecule has 1 aromatic heterocycles.